The number of sulfonamides is 1. The fourth-order valence-corrected chi connectivity index (χ4v) is 4.38. The summed E-state index contributed by atoms with van der Waals surface area (Å²) in [5.74, 6) is -0.338. The third-order valence-electron chi connectivity index (χ3n) is 4.60. The Morgan fingerprint density at radius 3 is 2.22 bits per heavy atom. The van der Waals surface area contributed by atoms with Crippen LogP contribution in [0.4, 0.5) is 5.69 Å². The van der Waals surface area contributed by atoms with Gasteiger partial charge in [-0.25, -0.2) is 8.42 Å². The lowest BCUT2D eigenvalue weighted by Gasteiger charge is -2.29. The van der Waals surface area contributed by atoms with E-state index in [0.29, 0.717) is 5.69 Å². The molecule has 0 unspecified atom stereocenters. The molecule has 2 atom stereocenters. The highest BCUT2D eigenvalue weighted by Gasteiger charge is 2.30. The van der Waals surface area contributed by atoms with Gasteiger partial charge in [0.2, 0.25) is 15.9 Å². The van der Waals surface area contributed by atoms with Crippen LogP contribution >= 0.6 is 0 Å². The molecule has 5 nitrogen and oxygen atoms in total. The monoisotopic (exact) mass is 388 g/mol. The number of rotatable bonds is 6. The summed E-state index contributed by atoms with van der Waals surface area (Å²) in [6.45, 7) is 9.40. The van der Waals surface area contributed by atoms with Gasteiger partial charge in [0.15, 0.2) is 0 Å². The number of carbonyl (C=O) groups is 1. The minimum atomic E-state index is -3.62. The number of hydrogen-bond donors (Lipinski definition) is 1. The van der Waals surface area contributed by atoms with Gasteiger partial charge in [-0.15, -0.1) is 0 Å². The molecule has 6 heteroatoms. The molecule has 0 saturated carbocycles. The first kappa shape index (κ1) is 21.0. The molecule has 0 heterocycles. The summed E-state index contributed by atoms with van der Waals surface area (Å²) in [4.78, 5) is 12.9. The molecule has 2 rings (SSSR count). The largest absolute Gasteiger partial charge is 0.348 e. The van der Waals surface area contributed by atoms with Crippen molar-refractivity contribution in [3.63, 3.8) is 0 Å². The van der Waals surface area contributed by atoms with Gasteiger partial charge in [-0.2, -0.15) is 0 Å². The van der Waals surface area contributed by atoms with Crippen LogP contribution in [0.15, 0.2) is 42.5 Å². The van der Waals surface area contributed by atoms with Crippen LogP contribution in [0.5, 0.6) is 0 Å². The molecule has 0 aromatic heterocycles. The lowest BCUT2D eigenvalue weighted by molar-refractivity contribution is -0.122. The van der Waals surface area contributed by atoms with Gasteiger partial charge in [-0.05, 0) is 63.4 Å². The molecule has 0 radical (unpaired) electrons. The highest BCUT2D eigenvalue weighted by atomic mass is 32.2. The number of amides is 1. The van der Waals surface area contributed by atoms with E-state index < -0.39 is 16.1 Å². The van der Waals surface area contributed by atoms with Crippen molar-refractivity contribution < 1.29 is 13.2 Å². The lowest BCUT2D eigenvalue weighted by atomic mass is 10.00. The fraction of sp³-hybridized carbons (Fsp3) is 0.381. The summed E-state index contributed by atoms with van der Waals surface area (Å²) in [5.41, 5.74) is 4.64. The Bertz CT molecular complexity index is 938. The molecule has 0 fully saturated rings. The molecule has 2 aromatic carbocycles. The highest BCUT2D eigenvalue weighted by Crippen LogP contribution is 2.23. The number of aryl methyl sites for hydroxylation is 3. The second kappa shape index (κ2) is 8.13. The Labute approximate surface area is 162 Å². The minimum absolute atomic E-state index is 0.223. The Morgan fingerprint density at radius 2 is 1.63 bits per heavy atom. The Balaban J connectivity index is 2.28. The third-order valence-corrected chi connectivity index (χ3v) is 5.85. The second-order valence-electron chi connectivity index (χ2n) is 7.16. The summed E-state index contributed by atoms with van der Waals surface area (Å²) < 4.78 is 26.0. The van der Waals surface area contributed by atoms with Crippen molar-refractivity contribution in [1.29, 1.82) is 0 Å². The third kappa shape index (κ3) is 5.10. The molecule has 146 valence electrons. The quantitative estimate of drug-likeness (QED) is 0.821. The second-order valence-corrected chi connectivity index (χ2v) is 9.02. The predicted molar refractivity (Wildman–Crippen MR) is 110 cm³/mol. The number of anilines is 1. The molecular weight excluding hydrogens is 360 g/mol. The van der Waals surface area contributed by atoms with Crippen molar-refractivity contribution in [3.8, 4) is 0 Å². The molecule has 0 spiro atoms. The SMILES string of the molecule is Cc1cccc(N([C@@H](C)C(=O)N[C@@H](C)c2cc(C)ccc2C)S(C)(=O)=O)c1. The van der Waals surface area contributed by atoms with Crippen LogP contribution in [0.1, 0.15) is 42.1 Å². The van der Waals surface area contributed by atoms with E-state index in [1.807, 2.05) is 52.0 Å². The summed E-state index contributed by atoms with van der Waals surface area (Å²) in [6, 6.07) is 12.1. The van der Waals surface area contributed by atoms with E-state index >= 15 is 0 Å². The van der Waals surface area contributed by atoms with Crippen molar-refractivity contribution in [2.45, 2.75) is 46.7 Å². The first-order valence-corrected chi connectivity index (χ1v) is 10.8. The van der Waals surface area contributed by atoms with Crippen LogP contribution < -0.4 is 9.62 Å². The zero-order valence-electron chi connectivity index (χ0n) is 16.8. The molecule has 0 aliphatic heterocycles. The molecule has 2 aromatic rings. The van der Waals surface area contributed by atoms with Crippen LogP contribution in [0.3, 0.4) is 0 Å². The maximum absolute atomic E-state index is 12.9. The maximum Gasteiger partial charge on any atom is 0.244 e. The molecule has 0 saturated heterocycles. The number of nitrogens with one attached hydrogen (secondary N) is 1. The van der Waals surface area contributed by atoms with Crippen LogP contribution in [0.25, 0.3) is 0 Å². The van der Waals surface area contributed by atoms with Gasteiger partial charge in [-0.1, -0.05) is 35.9 Å². The van der Waals surface area contributed by atoms with Crippen molar-refractivity contribution in [3.05, 3.63) is 64.7 Å². The van der Waals surface area contributed by atoms with Crippen molar-refractivity contribution in [2.24, 2.45) is 0 Å². The van der Waals surface area contributed by atoms with E-state index in [2.05, 4.69) is 5.32 Å². The number of benzene rings is 2. The van der Waals surface area contributed by atoms with Gasteiger partial charge in [-0.3, -0.25) is 9.10 Å². The standard InChI is InChI=1S/C21H28N2O3S/c1-14-8-7-9-19(12-14)23(27(6,25)26)18(5)21(24)22-17(4)20-13-15(2)10-11-16(20)3/h7-13,17-18H,1-6H3,(H,22,24)/t17-,18-/m0/s1. The maximum atomic E-state index is 12.9. The molecule has 0 aliphatic rings. The van der Waals surface area contributed by atoms with Gasteiger partial charge in [0.25, 0.3) is 0 Å². The molecule has 27 heavy (non-hydrogen) atoms. The smallest absolute Gasteiger partial charge is 0.244 e. The normalized spacial score (nSPS) is 13.7. The van der Waals surface area contributed by atoms with Gasteiger partial charge >= 0.3 is 0 Å². The van der Waals surface area contributed by atoms with E-state index in [9.17, 15) is 13.2 Å². The molecule has 0 aliphatic carbocycles. The molecule has 1 amide bonds. The topological polar surface area (TPSA) is 66.5 Å². The molecular formula is C21H28N2O3S. The van der Waals surface area contributed by atoms with E-state index in [1.54, 1.807) is 25.1 Å². The summed E-state index contributed by atoms with van der Waals surface area (Å²) in [5, 5.41) is 2.96. The van der Waals surface area contributed by atoms with E-state index in [0.717, 1.165) is 28.5 Å². The predicted octanol–water partition coefficient (Wildman–Crippen LogP) is 3.64. The summed E-state index contributed by atoms with van der Waals surface area (Å²) in [6.07, 6.45) is 1.12. The van der Waals surface area contributed by atoms with Crippen LogP contribution in [-0.4, -0.2) is 26.6 Å². The average Bonchev–Trinajstić information content (AvgIpc) is 2.55. The number of hydrogen-bond acceptors (Lipinski definition) is 3. The van der Waals surface area contributed by atoms with Gasteiger partial charge in [0.1, 0.15) is 6.04 Å². The molecule has 0 bridgehead atoms. The van der Waals surface area contributed by atoms with Crippen LogP contribution in [0, 0.1) is 20.8 Å². The summed E-state index contributed by atoms with van der Waals surface area (Å²) >= 11 is 0. The first-order valence-electron chi connectivity index (χ1n) is 8.94. The minimum Gasteiger partial charge on any atom is -0.348 e. The first-order chi connectivity index (χ1) is 12.5. The Morgan fingerprint density at radius 1 is 1.00 bits per heavy atom. The van der Waals surface area contributed by atoms with Crippen molar-refractivity contribution >= 4 is 21.6 Å². The van der Waals surface area contributed by atoms with E-state index in [-0.39, 0.29) is 11.9 Å². The Kier molecular flexibility index (Phi) is 6.31. The van der Waals surface area contributed by atoms with Gasteiger partial charge in [0.05, 0.1) is 18.0 Å². The number of carbonyl (C=O) groups excluding carboxylic acids is 1. The number of nitrogens with zero attached hydrogens (tertiary/aromatic N) is 1. The van der Waals surface area contributed by atoms with E-state index in [1.165, 1.54) is 4.31 Å². The van der Waals surface area contributed by atoms with Gasteiger partial charge in [0, 0.05) is 0 Å². The van der Waals surface area contributed by atoms with Crippen LogP contribution in [0.2, 0.25) is 0 Å². The zero-order chi connectivity index (χ0) is 20.4. The van der Waals surface area contributed by atoms with Crippen molar-refractivity contribution in [2.75, 3.05) is 10.6 Å². The Hall–Kier alpha value is -2.34. The highest BCUT2D eigenvalue weighted by molar-refractivity contribution is 7.92. The van der Waals surface area contributed by atoms with Gasteiger partial charge < -0.3 is 5.32 Å². The lowest BCUT2D eigenvalue weighted by Crippen LogP contribution is -2.48. The van der Waals surface area contributed by atoms with Crippen molar-refractivity contribution in [1.82, 2.24) is 5.32 Å². The summed E-state index contributed by atoms with van der Waals surface area (Å²) in [7, 11) is -3.62. The zero-order valence-corrected chi connectivity index (χ0v) is 17.6. The fourth-order valence-electron chi connectivity index (χ4n) is 3.21. The van der Waals surface area contributed by atoms with E-state index in [4.69, 9.17) is 0 Å². The molecule has 1 N–H and O–H groups in total. The van der Waals surface area contributed by atoms with Crippen LogP contribution in [-0.2, 0) is 14.8 Å². The average molecular weight is 389 g/mol.